The zero-order chi connectivity index (χ0) is 34.5. The standard InChI is InChI=1S/C48H35N3/c1-4-13-40-43-32-39(29-30-47(43)51-44(14-5-2)33(3)31-48(40)51)49(36-23-21-35(22-24-36)34-15-7-6-8-16-34)37-25-27-38(28-26-37)50-45-19-11-9-17-41(45)42-18-10-12-20-46(42)50/h4-32H,1-3H2. The third-order valence-electron chi connectivity index (χ3n) is 9.91. The van der Waals surface area contributed by atoms with Crippen molar-refractivity contribution in [2.24, 2.45) is 0 Å². The van der Waals surface area contributed by atoms with E-state index in [4.69, 9.17) is 0 Å². The van der Waals surface area contributed by atoms with E-state index in [-0.39, 0.29) is 0 Å². The summed E-state index contributed by atoms with van der Waals surface area (Å²) in [5, 5.41) is 6.78. The third-order valence-corrected chi connectivity index (χ3v) is 9.91. The Morgan fingerprint density at radius 3 is 1.69 bits per heavy atom. The van der Waals surface area contributed by atoms with Crippen LogP contribution in [0, 0.1) is 0 Å². The minimum Gasteiger partial charge on any atom is -0.310 e. The summed E-state index contributed by atoms with van der Waals surface area (Å²) in [6, 6.07) is 54.4. The van der Waals surface area contributed by atoms with Gasteiger partial charge in [0.05, 0.1) is 27.4 Å². The Hall–Kier alpha value is -6.84. The largest absolute Gasteiger partial charge is 0.310 e. The molecular formula is C48H35N3. The Kier molecular flexibility index (Phi) is 7.26. The highest BCUT2D eigenvalue weighted by Gasteiger charge is 2.18. The van der Waals surface area contributed by atoms with E-state index in [1.54, 1.807) is 0 Å². The van der Waals surface area contributed by atoms with E-state index in [2.05, 4.69) is 191 Å². The molecule has 3 heteroatoms. The van der Waals surface area contributed by atoms with Gasteiger partial charge in [-0.15, -0.1) is 0 Å². The van der Waals surface area contributed by atoms with Crippen LogP contribution in [-0.2, 0) is 0 Å². The SMILES string of the molecule is C=CC=c1c2cc(N(c3ccc(-c4ccccc4)cc3)c3ccc(-n4c5ccccc5c5ccccc54)cc3)ccc2n2c(=CC=C)c(=C)cc12. The van der Waals surface area contributed by atoms with Gasteiger partial charge >= 0.3 is 0 Å². The average molecular weight is 654 g/mol. The van der Waals surface area contributed by atoms with Gasteiger partial charge in [-0.1, -0.05) is 117 Å². The predicted molar refractivity (Wildman–Crippen MR) is 219 cm³/mol. The van der Waals surface area contributed by atoms with Crippen LogP contribution in [0.15, 0.2) is 177 Å². The summed E-state index contributed by atoms with van der Waals surface area (Å²) in [5.74, 6) is 0. The molecule has 0 aliphatic heterocycles. The fraction of sp³-hybridized carbons (Fsp3) is 0. The molecule has 9 rings (SSSR count). The van der Waals surface area contributed by atoms with Gasteiger partial charge in [0.15, 0.2) is 0 Å². The van der Waals surface area contributed by atoms with Gasteiger partial charge in [-0.3, -0.25) is 0 Å². The lowest BCUT2D eigenvalue weighted by molar-refractivity contribution is 1.17. The van der Waals surface area contributed by atoms with Crippen LogP contribution in [0.2, 0.25) is 0 Å². The number of hydrogen-bond donors (Lipinski definition) is 0. The second-order valence-corrected chi connectivity index (χ2v) is 12.8. The van der Waals surface area contributed by atoms with E-state index in [1.165, 1.54) is 32.9 Å². The molecule has 0 unspecified atom stereocenters. The van der Waals surface area contributed by atoms with Crippen LogP contribution in [0.25, 0.3) is 73.8 Å². The van der Waals surface area contributed by atoms with E-state index in [1.807, 2.05) is 18.2 Å². The van der Waals surface area contributed by atoms with Crippen molar-refractivity contribution in [1.82, 2.24) is 8.97 Å². The van der Waals surface area contributed by atoms with Gasteiger partial charge in [-0.2, -0.15) is 0 Å². The molecule has 9 aromatic rings. The van der Waals surface area contributed by atoms with Crippen LogP contribution >= 0.6 is 0 Å². The number of para-hydroxylation sites is 2. The van der Waals surface area contributed by atoms with Crippen molar-refractivity contribution in [2.45, 2.75) is 0 Å². The number of hydrogen-bond acceptors (Lipinski definition) is 1. The highest BCUT2D eigenvalue weighted by Crippen LogP contribution is 2.38. The molecule has 3 aromatic heterocycles. The molecular weight excluding hydrogens is 619 g/mol. The van der Waals surface area contributed by atoms with Crippen LogP contribution in [0.3, 0.4) is 0 Å². The highest BCUT2D eigenvalue weighted by molar-refractivity contribution is 6.09. The fourth-order valence-electron chi connectivity index (χ4n) is 7.66. The quantitative estimate of drug-likeness (QED) is 0.167. The van der Waals surface area contributed by atoms with Crippen LogP contribution < -0.4 is 20.7 Å². The average Bonchev–Trinajstić information content (AvgIpc) is 3.79. The summed E-state index contributed by atoms with van der Waals surface area (Å²) in [6.45, 7) is 12.3. The van der Waals surface area contributed by atoms with Gasteiger partial charge in [0, 0.05) is 44.1 Å². The number of anilines is 3. The van der Waals surface area contributed by atoms with Crippen molar-refractivity contribution < 1.29 is 0 Å². The number of allylic oxidation sites excluding steroid dienone is 2. The Morgan fingerprint density at radius 1 is 0.471 bits per heavy atom. The minimum atomic E-state index is 0.970. The lowest BCUT2D eigenvalue weighted by Crippen LogP contribution is -2.23. The lowest BCUT2D eigenvalue weighted by atomic mass is 10.0. The van der Waals surface area contributed by atoms with E-state index < -0.39 is 0 Å². The zero-order valence-corrected chi connectivity index (χ0v) is 28.2. The molecule has 51 heavy (non-hydrogen) atoms. The zero-order valence-electron chi connectivity index (χ0n) is 28.2. The maximum Gasteiger partial charge on any atom is 0.0547 e. The highest BCUT2D eigenvalue weighted by atomic mass is 15.1. The summed E-state index contributed by atoms with van der Waals surface area (Å²) < 4.78 is 4.64. The molecule has 0 atom stereocenters. The summed E-state index contributed by atoms with van der Waals surface area (Å²) >= 11 is 0. The molecule has 242 valence electrons. The number of rotatable bonds is 7. The van der Waals surface area contributed by atoms with Crippen molar-refractivity contribution in [3.05, 3.63) is 193 Å². The third kappa shape index (κ3) is 4.90. The molecule has 0 aliphatic carbocycles. The van der Waals surface area contributed by atoms with Crippen molar-refractivity contribution in [3.8, 4) is 16.8 Å². The van der Waals surface area contributed by atoms with Crippen molar-refractivity contribution in [1.29, 1.82) is 0 Å². The topological polar surface area (TPSA) is 12.6 Å². The van der Waals surface area contributed by atoms with Gasteiger partial charge in [0.2, 0.25) is 0 Å². The molecule has 3 nitrogen and oxygen atoms in total. The molecule has 0 spiro atoms. The monoisotopic (exact) mass is 653 g/mol. The van der Waals surface area contributed by atoms with Gasteiger partial charge < -0.3 is 13.9 Å². The second-order valence-electron chi connectivity index (χ2n) is 12.8. The van der Waals surface area contributed by atoms with E-state index >= 15 is 0 Å². The Balaban J connectivity index is 1.23. The predicted octanol–water partition coefficient (Wildman–Crippen LogP) is 10.4. The molecule has 3 heterocycles. The van der Waals surface area contributed by atoms with E-state index in [0.717, 1.165) is 55.0 Å². The van der Waals surface area contributed by atoms with Gasteiger partial charge in [0.1, 0.15) is 0 Å². The normalized spacial score (nSPS) is 12.4. The first-order valence-electron chi connectivity index (χ1n) is 17.2. The summed E-state index contributed by atoms with van der Waals surface area (Å²) in [7, 11) is 0. The van der Waals surface area contributed by atoms with Gasteiger partial charge in [-0.25, -0.2) is 0 Å². The first-order chi connectivity index (χ1) is 25.1. The molecule has 0 N–H and O–H groups in total. The number of fused-ring (bicyclic) bond motifs is 6. The molecule has 0 radical (unpaired) electrons. The smallest absolute Gasteiger partial charge is 0.0547 e. The van der Waals surface area contributed by atoms with Crippen LogP contribution in [0.1, 0.15) is 0 Å². The molecule has 0 saturated heterocycles. The number of aromatic nitrogens is 2. The van der Waals surface area contributed by atoms with E-state index in [9.17, 15) is 0 Å². The first-order valence-corrected chi connectivity index (χ1v) is 17.2. The molecule has 0 fully saturated rings. The molecule has 0 saturated carbocycles. The second kappa shape index (κ2) is 12.2. The van der Waals surface area contributed by atoms with Crippen LogP contribution in [0.5, 0.6) is 0 Å². The van der Waals surface area contributed by atoms with Crippen molar-refractivity contribution in [3.63, 3.8) is 0 Å². The van der Waals surface area contributed by atoms with Crippen LogP contribution in [0.4, 0.5) is 17.1 Å². The van der Waals surface area contributed by atoms with Gasteiger partial charge in [-0.05, 0) is 95.2 Å². The maximum absolute atomic E-state index is 4.32. The molecule has 0 aliphatic rings. The fourth-order valence-corrected chi connectivity index (χ4v) is 7.66. The molecule has 6 aromatic carbocycles. The lowest BCUT2D eigenvalue weighted by Gasteiger charge is -2.26. The Labute approximate surface area is 296 Å². The van der Waals surface area contributed by atoms with E-state index in [0.29, 0.717) is 0 Å². The summed E-state index contributed by atoms with van der Waals surface area (Å²) in [5.41, 5.74) is 11.3. The van der Waals surface area contributed by atoms with Crippen molar-refractivity contribution in [2.75, 3.05) is 4.90 Å². The summed E-state index contributed by atoms with van der Waals surface area (Å²) in [4.78, 5) is 2.34. The first kappa shape index (κ1) is 30.2. The van der Waals surface area contributed by atoms with Crippen LogP contribution in [-0.4, -0.2) is 8.97 Å². The van der Waals surface area contributed by atoms with Crippen molar-refractivity contribution >= 4 is 74.0 Å². The molecule has 0 amide bonds. The molecule has 0 bridgehead atoms. The Morgan fingerprint density at radius 2 is 1.04 bits per heavy atom. The number of nitrogens with zero attached hydrogens (tertiary/aromatic N) is 3. The van der Waals surface area contributed by atoms with Gasteiger partial charge in [0.25, 0.3) is 0 Å². The number of benzene rings is 6. The summed E-state index contributed by atoms with van der Waals surface area (Å²) in [6.07, 6.45) is 7.81. The Bertz CT molecular complexity index is 2890. The maximum atomic E-state index is 4.32. The minimum absolute atomic E-state index is 0.970.